The van der Waals surface area contributed by atoms with Gasteiger partial charge in [0, 0.05) is 0 Å². The predicted molar refractivity (Wildman–Crippen MR) is 80.4 cm³/mol. The Labute approximate surface area is 131 Å². The molecule has 0 fully saturated rings. The van der Waals surface area contributed by atoms with E-state index in [0.29, 0.717) is 11.2 Å². The number of methoxy groups -OCH3 is 2. The smallest absolute Gasteiger partial charge is 0.355 e. The molecule has 1 aromatic heterocycles. The molecule has 1 aliphatic heterocycles. The van der Waals surface area contributed by atoms with E-state index in [1.807, 2.05) is 12.1 Å². The van der Waals surface area contributed by atoms with Crippen LogP contribution in [0.15, 0.2) is 35.8 Å². The summed E-state index contributed by atoms with van der Waals surface area (Å²) in [5.74, 6) is -1.27. The van der Waals surface area contributed by atoms with Crippen molar-refractivity contribution in [1.29, 1.82) is 0 Å². The lowest BCUT2D eigenvalue weighted by atomic mass is 10.1. The van der Waals surface area contributed by atoms with Gasteiger partial charge in [-0.25, -0.2) is 14.6 Å². The van der Waals surface area contributed by atoms with Crippen LogP contribution in [0.25, 0.3) is 11.0 Å². The number of aromatic nitrogens is 2. The molecule has 0 spiro atoms. The third kappa shape index (κ3) is 2.53. The highest BCUT2D eigenvalue weighted by Gasteiger charge is 2.33. The van der Waals surface area contributed by atoms with Crippen LogP contribution >= 0.6 is 0 Å². The van der Waals surface area contributed by atoms with E-state index >= 15 is 0 Å². The molecule has 8 nitrogen and oxygen atoms in total. The number of anilines is 1. The number of nitrogens with one attached hydrogen (secondary N) is 1. The molecule has 1 aliphatic rings. The lowest BCUT2D eigenvalue weighted by Gasteiger charge is -2.31. The number of imidazole rings is 1. The summed E-state index contributed by atoms with van der Waals surface area (Å²) < 4.78 is 15.0. The first-order valence-electron chi connectivity index (χ1n) is 6.84. The van der Waals surface area contributed by atoms with Crippen LogP contribution in [0.3, 0.4) is 0 Å². The standard InChI is InChI=1S/C15H15N3O5/c1-21-14(19)9-6-23-8-18(13(9)15(20)22-2)11-5-3-4-10-12(11)17-7-16-10/h3-5,7H,6,8H2,1-2H3,(H,16,17). The normalized spacial score (nSPS) is 15.0. The van der Waals surface area contributed by atoms with Gasteiger partial charge >= 0.3 is 11.9 Å². The number of rotatable bonds is 3. The van der Waals surface area contributed by atoms with Gasteiger partial charge in [-0.2, -0.15) is 0 Å². The second-order valence-corrected chi connectivity index (χ2v) is 4.79. The summed E-state index contributed by atoms with van der Waals surface area (Å²) in [6, 6.07) is 5.46. The molecule has 0 saturated heterocycles. The van der Waals surface area contributed by atoms with E-state index in [1.54, 1.807) is 17.3 Å². The molecule has 23 heavy (non-hydrogen) atoms. The number of hydrogen-bond acceptors (Lipinski definition) is 7. The summed E-state index contributed by atoms with van der Waals surface area (Å²) >= 11 is 0. The molecule has 1 N–H and O–H groups in total. The molecule has 2 aromatic rings. The van der Waals surface area contributed by atoms with Crippen molar-refractivity contribution in [2.24, 2.45) is 0 Å². The van der Waals surface area contributed by atoms with E-state index in [1.165, 1.54) is 14.2 Å². The van der Waals surface area contributed by atoms with Gasteiger partial charge in [-0.1, -0.05) is 6.07 Å². The van der Waals surface area contributed by atoms with Crippen LogP contribution in [-0.4, -0.2) is 49.5 Å². The predicted octanol–water partition coefficient (Wildman–Crippen LogP) is 0.957. The first kappa shape index (κ1) is 15.0. The molecule has 0 bridgehead atoms. The Morgan fingerprint density at radius 3 is 2.78 bits per heavy atom. The van der Waals surface area contributed by atoms with Crippen molar-refractivity contribution in [3.63, 3.8) is 0 Å². The van der Waals surface area contributed by atoms with Crippen molar-refractivity contribution in [3.05, 3.63) is 35.8 Å². The van der Waals surface area contributed by atoms with Crippen molar-refractivity contribution >= 4 is 28.7 Å². The summed E-state index contributed by atoms with van der Waals surface area (Å²) in [5, 5.41) is 0. The number of H-pyrrole nitrogens is 1. The molecule has 1 aromatic carbocycles. The number of nitrogens with zero attached hydrogens (tertiary/aromatic N) is 2. The zero-order valence-electron chi connectivity index (χ0n) is 12.7. The SMILES string of the molecule is COC(=O)C1=C(C(=O)OC)N(c2cccc3[nH]cnc23)COC1. The Hall–Kier alpha value is -2.87. The van der Waals surface area contributed by atoms with E-state index in [2.05, 4.69) is 9.97 Å². The third-order valence-electron chi connectivity index (χ3n) is 3.55. The molecule has 0 amide bonds. The fourth-order valence-corrected chi connectivity index (χ4v) is 2.50. The molecule has 0 aliphatic carbocycles. The van der Waals surface area contributed by atoms with Gasteiger partial charge in [0.15, 0.2) is 0 Å². The molecule has 0 radical (unpaired) electrons. The Kier molecular flexibility index (Phi) is 3.98. The molecule has 0 saturated carbocycles. The Balaban J connectivity index is 2.18. The van der Waals surface area contributed by atoms with Crippen molar-refractivity contribution in [1.82, 2.24) is 9.97 Å². The van der Waals surface area contributed by atoms with Gasteiger partial charge < -0.3 is 24.1 Å². The van der Waals surface area contributed by atoms with Crippen molar-refractivity contribution < 1.29 is 23.8 Å². The van der Waals surface area contributed by atoms with Crippen LogP contribution in [0.2, 0.25) is 0 Å². The highest BCUT2D eigenvalue weighted by atomic mass is 16.5. The fourth-order valence-electron chi connectivity index (χ4n) is 2.50. The Bertz CT molecular complexity index is 795. The largest absolute Gasteiger partial charge is 0.466 e. The highest BCUT2D eigenvalue weighted by molar-refractivity contribution is 6.05. The lowest BCUT2D eigenvalue weighted by Crippen LogP contribution is -2.38. The lowest BCUT2D eigenvalue weighted by molar-refractivity contribution is -0.140. The van der Waals surface area contributed by atoms with Gasteiger partial charge in [0.2, 0.25) is 0 Å². The van der Waals surface area contributed by atoms with E-state index < -0.39 is 11.9 Å². The third-order valence-corrected chi connectivity index (χ3v) is 3.55. The topological polar surface area (TPSA) is 93.8 Å². The molecule has 0 unspecified atom stereocenters. The number of fused-ring (bicyclic) bond motifs is 1. The quantitative estimate of drug-likeness (QED) is 0.843. The maximum atomic E-state index is 12.2. The summed E-state index contributed by atoms with van der Waals surface area (Å²) in [4.78, 5) is 33.0. The zero-order chi connectivity index (χ0) is 16.4. The second-order valence-electron chi connectivity index (χ2n) is 4.79. The van der Waals surface area contributed by atoms with Crippen LogP contribution in [-0.2, 0) is 23.8 Å². The van der Waals surface area contributed by atoms with Crippen molar-refractivity contribution in [3.8, 4) is 0 Å². The molecule has 8 heteroatoms. The summed E-state index contributed by atoms with van der Waals surface area (Å²) in [6.45, 7) is 0.0705. The van der Waals surface area contributed by atoms with Crippen molar-refractivity contribution in [2.75, 3.05) is 32.5 Å². The zero-order valence-corrected chi connectivity index (χ0v) is 12.7. The average Bonchev–Trinajstić information content (AvgIpc) is 3.08. The first-order chi connectivity index (χ1) is 11.2. The number of carbonyl (C=O) groups excluding carboxylic acids is 2. The van der Waals surface area contributed by atoms with Gasteiger partial charge in [0.05, 0.1) is 43.9 Å². The van der Waals surface area contributed by atoms with Gasteiger partial charge in [0.25, 0.3) is 0 Å². The molecule has 0 atom stereocenters. The van der Waals surface area contributed by atoms with Gasteiger partial charge in [-0.15, -0.1) is 0 Å². The summed E-state index contributed by atoms with van der Waals surface area (Å²) in [7, 11) is 2.50. The van der Waals surface area contributed by atoms with Gasteiger partial charge in [0.1, 0.15) is 17.9 Å². The number of benzene rings is 1. The minimum Gasteiger partial charge on any atom is -0.466 e. The average molecular weight is 317 g/mol. The van der Waals surface area contributed by atoms with Gasteiger partial charge in [-0.05, 0) is 12.1 Å². The molecular formula is C15H15N3O5. The summed E-state index contributed by atoms with van der Waals surface area (Å²) in [5.41, 5.74) is 2.30. The fraction of sp³-hybridized carbons (Fsp3) is 0.267. The number of hydrogen-bond donors (Lipinski definition) is 1. The Morgan fingerprint density at radius 2 is 2.04 bits per heavy atom. The molecular weight excluding hydrogens is 302 g/mol. The Morgan fingerprint density at radius 1 is 1.26 bits per heavy atom. The van der Waals surface area contributed by atoms with Crippen molar-refractivity contribution in [2.45, 2.75) is 0 Å². The maximum Gasteiger partial charge on any atom is 0.355 e. The number of aromatic amines is 1. The molecule has 3 rings (SSSR count). The van der Waals surface area contributed by atoms with Crippen LogP contribution in [0.1, 0.15) is 0 Å². The van der Waals surface area contributed by atoms with Crippen LogP contribution in [0.5, 0.6) is 0 Å². The van der Waals surface area contributed by atoms with Crippen LogP contribution in [0.4, 0.5) is 5.69 Å². The summed E-state index contributed by atoms with van der Waals surface area (Å²) in [6.07, 6.45) is 1.56. The number of esters is 2. The van der Waals surface area contributed by atoms with E-state index in [4.69, 9.17) is 14.2 Å². The van der Waals surface area contributed by atoms with Crippen LogP contribution < -0.4 is 4.90 Å². The van der Waals surface area contributed by atoms with E-state index in [0.717, 1.165) is 5.52 Å². The van der Waals surface area contributed by atoms with Gasteiger partial charge in [-0.3, -0.25) is 0 Å². The minimum absolute atomic E-state index is 0.0237. The van der Waals surface area contributed by atoms with Crippen LogP contribution in [0, 0.1) is 0 Å². The monoisotopic (exact) mass is 317 g/mol. The van der Waals surface area contributed by atoms with E-state index in [9.17, 15) is 9.59 Å². The molecule has 2 heterocycles. The second kappa shape index (κ2) is 6.09. The maximum absolute atomic E-state index is 12.2. The molecule has 120 valence electrons. The minimum atomic E-state index is -0.638. The highest BCUT2D eigenvalue weighted by Crippen LogP contribution is 2.31. The first-order valence-corrected chi connectivity index (χ1v) is 6.84. The number of para-hydroxylation sites is 1. The van der Waals surface area contributed by atoms with E-state index in [-0.39, 0.29) is 24.6 Å². The number of carbonyl (C=O) groups is 2. The number of ether oxygens (including phenoxy) is 3.